The van der Waals surface area contributed by atoms with Gasteiger partial charge in [0.1, 0.15) is 11.7 Å². The lowest BCUT2D eigenvalue weighted by Crippen LogP contribution is -2.51. The van der Waals surface area contributed by atoms with Gasteiger partial charge in [0, 0.05) is 58.0 Å². The number of methoxy groups -OCH3 is 1. The molecule has 2 fully saturated rings. The second-order valence-corrected chi connectivity index (χ2v) is 15.0. The molecule has 3 aliphatic rings. The first-order valence-electron chi connectivity index (χ1n) is 18.4. The first-order chi connectivity index (χ1) is 24.0. The molecule has 10 atom stereocenters. The second kappa shape index (κ2) is 19.3. The van der Waals surface area contributed by atoms with Gasteiger partial charge in [-0.25, -0.2) is 4.79 Å². The average molecular weight is 723 g/mol. The van der Waals surface area contributed by atoms with E-state index in [-0.39, 0.29) is 43.3 Å². The lowest BCUT2D eigenvalue weighted by Gasteiger charge is -2.38. The molecule has 0 saturated carbocycles. The van der Waals surface area contributed by atoms with E-state index in [1.807, 2.05) is 40.7 Å². The predicted octanol–water partition coefficient (Wildman–Crippen LogP) is 3.85. The zero-order valence-electron chi connectivity index (χ0n) is 31.5. The molecule has 3 heterocycles. The third-order valence-corrected chi connectivity index (χ3v) is 10.5. The number of amides is 1. The normalized spacial score (nSPS) is 32.9. The van der Waals surface area contributed by atoms with E-state index in [4.69, 9.17) is 24.1 Å². The van der Waals surface area contributed by atoms with Gasteiger partial charge in [0.15, 0.2) is 6.10 Å². The molecule has 2 saturated heterocycles. The molecule has 1 amide bonds. The number of carbonyl (C=O) groups excluding carboxylic acids is 2. The molecular weight excluding hydrogens is 660 g/mol. The fraction of sp³-hybridized carbons (Fsp3) is 0.763. The van der Waals surface area contributed by atoms with Gasteiger partial charge in [0.25, 0.3) is 0 Å². The first-order valence-corrected chi connectivity index (χ1v) is 18.4. The van der Waals surface area contributed by atoms with Crippen molar-refractivity contribution in [2.24, 2.45) is 11.8 Å². The minimum Gasteiger partial charge on any atom is -0.481 e. The van der Waals surface area contributed by atoms with Gasteiger partial charge >= 0.3 is 18.0 Å². The van der Waals surface area contributed by atoms with Gasteiger partial charge in [0.2, 0.25) is 0 Å². The van der Waals surface area contributed by atoms with Crippen LogP contribution in [-0.4, -0.2) is 136 Å². The highest BCUT2D eigenvalue weighted by atomic mass is 16.6. The summed E-state index contributed by atoms with van der Waals surface area (Å²) in [6.07, 6.45) is 7.08. The Balaban J connectivity index is 1.73. The fourth-order valence-corrected chi connectivity index (χ4v) is 6.80. The standard InChI is InChI=1S/C38H62N2O11/c1-8-29(42)27(4)35-30(49-35)24-37(5,47)16-9-11-25(2)34-26(3)13-14-31(38(6,48-7)17-15-28(41)23-33(45)51-34)50-36(46)40-21-19-39(20-22-40)18-10-12-32(43)44/h9,11,13-14,16,26-31,34-35,41-42,47H,8,10,12,15,17-24H2,1-7H3,(H,43,44)/b14-13+,16-9+,25-11+/t26-,27?,28-,29?,30+,31-,34+,35+,37?,38-/m0/s1. The topological polar surface area (TPSA) is 179 Å². The third-order valence-electron chi connectivity index (χ3n) is 10.5. The maximum Gasteiger partial charge on any atom is 0.410 e. The average Bonchev–Trinajstić information content (AvgIpc) is 3.84. The van der Waals surface area contributed by atoms with E-state index >= 15 is 0 Å². The van der Waals surface area contributed by atoms with Crippen LogP contribution in [0.15, 0.2) is 36.0 Å². The van der Waals surface area contributed by atoms with Crippen LogP contribution < -0.4 is 0 Å². The Labute approximate surface area is 303 Å². The van der Waals surface area contributed by atoms with Crippen molar-refractivity contribution >= 4 is 18.0 Å². The molecule has 0 aromatic heterocycles. The zero-order chi connectivity index (χ0) is 37.9. The van der Waals surface area contributed by atoms with Crippen LogP contribution in [0.1, 0.15) is 86.5 Å². The number of carboxylic acid groups (broad SMARTS) is 1. The van der Waals surface area contributed by atoms with E-state index in [1.54, 1.807) is 36.1 Å². The summed E-state index contributed by atoms with van der Waals surface area (Å²) in [5.41, 5.74) is -1.45. The number of hydrogen-bond acceptors (Lipinski definition) is 11. The van der Waals surface area contributed by atoms with E-state index in [2.05, 4.69) is 4.90 Å². The maximum absolute atomic E-state index is 13.4. The molecule has 4 N–H and O–H groups in total. The number of carboxylic acids is 1. The fourth-order valence-electron chi connectivity index (χ4n) is 6.80. The third kappa shape index (κ3) is 13.3. The summed E-state index contributed by atoms with van der Waals surface area (Å²) in [7, 11) is 1.53. The number of allylic oxidation sites excluding steroid dienone is 2. The largest absolute Gasteiger partial charge is 0.481 e. The Morgan fingerprint density at radius 3 is 2.53 bits per heavy atom. The molecule has 290 valence electrons. The lowest BCUT2D eigenvalue weighted by atomic mass is 9.88. The maximum atomic E-state index is 13.4. The number of carbonyl (C=O) groups is 3. The summed E-state index contributed by atoms with van der Waals surface area (Å²) in [4.78, 5) is 41.0. The number of esters is 1. The summed E-state index contributed by atoms with van der Waals surface area (Å²) in [5.74, 6) is -1.74. The molecule has 0 bridgehead atoms. The SMILES string of the molecule is CCC(O)C(C)[C@H]1O[C@@H]1CC(C)(O)/C=C/C=C(\C)[C@H]1OC(=O)C[C@@H](O)CC[C@](C)(OC)[C@@H](OC(=O)N2CCN(CCCC(=O)O)CC2)/C=C/[C@@H]1C. The van der Waals surface area contributed by atoms with Crippen molar-refractivity contribution in [1.82, 2.24) is 9.80 Å². The molecule has 3 aliphatic heterocycles. The highest BCUT2D eigenvalue weighted by Crippen LogP contribution is 2.37. The van der Waals surface area contributed by atoms with Crippen molar-refractivity contribution in [1.29, 1.82) is 0 Å². The smallest absolute Gasteiger partial charge is 0.410 e. The van der Waals surface area contributed by atoms with Gasteiger partial charge in [-0.05, 0) is 64.6 Å². The lowest BCUT2D eigenvalue weighted by molar-refractivity contribution is -0.151. The number of ether oxygens (including phenoxy) is 4. The number of cyclic esters (lactones) is 1. The highest BCUT2D eigenvalue weighted by Gasteiger charge is 2.47. The van der Waals surface area contributed by atoms with Crippen LogP contribution in [0.3, 0.4) is 0 Å². The van der Waals surface area contributed by atoms with Gasteiger partial charge in [-0.2, -0.15) is 0 Å². The summed E-state index contributed by atoms with van der Waals surface area (Å²) >= 11 is 0. The molecule has 51 heavy (non-hydrogen) atoms. The monoisotopic (exact) mass is 722 g/mol. The molecule has 0 radical (unpaired) electrons. The van der Waals surface area contributed by atoms with E-state index in [1.165, 1.54) is 7.11 Å². The Hall–Kier alpha value is -2.81. The molecule has 13 heteroatoms. The van der Waals surface area contributed by atoms with Crippen LogP contribution in [-0.2, 0) is 28.5 Å². The van der Waals surface area contributed by atoms with Crippen LogP contribution in [0.5, 0.6) is 0 Å². The van der Waals surface area contributed by atoms with Crippen molar-refractivity contribution in [2.45, 2.75) is 134 Å². The van der Waals surface area contributed by atoms with Gasteiger partial charge in [-0.15, -0.1) is 0 Å². The van der Waals surface area contributed by atoms with Crippen molar-refractivity contribution < 1.29 is 53.8 Å². The Bertz CT molecular complexity index is 1240. The van der Waals surface area contributed by atoms with Gasteiger partial charge < -0.3 is 44.3 Å². The quantitative estimate of drug-likeness (QED) is 0.0883. The zero-order valence-corrected chi connectivity index (χ0v) is 31.5. The summed E-state index contributed by atoms with van der Waals surface area (Å²) in [6, 6.07) is 0. The van der Waals surface area contributed by atoms with Crippen molar-refractivity contribution in [3.63, 3.8) is 0 Å². The number of hydrogen-bond donors (Lipinski definition) is 4. The molecule has 13 nitrogen and oxygen atoms in total. The molecule has 3 rings (SSSR count). The number of aliphatic carboxylic acids is 1. The van der Waals surface area contributed by atoms with Crippen molar-refractivity contribution in [3.8, 4) is 0 Å². The first kappa shape index (κ1) is 42.6. The van der Waals surface area contributed by atoms with E-state index in [9.17, 15) is 29.7 Å². The van der Waals surface area contributed by atoms with Crippen LogP contribution in [0.2, 0.25) is 0 Å². The Morgan fingerprint density at radius 1 is 1.22 bits per heavy atom. The van der Waals surface area contributed by atoms with E-state index in [0.29, 0.717) is 64.0 Å². The molecule has 3 unspecified atom stereocenters. The highest BCUT2D eigenvalue weighted by molar-refractivity contribution is 5.70. The molecule has 0 aliphatic carbocycles. The van der Waals surface area contributed by atoms with Crippen LogP contribution >= 0.6 is 0 Å². The van der Waals surface area contributed by atoms with Gasteiger partial charge in [0.05, 0.1) is 36.4 Å². The molecule has 0 aromatic carbocycles. The molecular formula is C38H62N2O11. The minimum absolute atomic E-state index is 0.0190. The number of piperazine rings is 1. The minimum atomic E-state index is -1.17. The second-order valence-electron chi connectivity index (χ2n) is 15.0. The van der Waals surface area contributed by atoms with Crippen LogP contribution in [0.4, 0.5) is 4.79 Å². The van der Waals surface area contributed by atoms with Crippen molar-refractivity contribution in [2.75, 3.05) is 39.8 Å². The number of aliphatic hydroxyl groups is 3. The van der Waals surface area contributed by atoms with E-state index < -0.39 is 53.6 Å². The predicted molar refractivity (Wildman–Crippen MR) is 191 cm³/mol. The summed E-state index contributed by atoms with van der Waals surface area (Å²) < 4.78 is 23.6. The van der Waals surface area contributed by atoms with Gasteiger partial charge in [-0.1, -0.05) is 45.1 Å². The Morgan fingerprint density at radius 2 is 1.90 bits per heavy atom. The summed E-state index contributed by atoms with van der Waals surface area (Å²) in [5, 5.41) is 40.9. The number of rotatable bonds is 14. The van der Waals surface area contributed by atoms with Crippen LogP contribution in [0.25, 0.3) is 0 Å². The Kier molecular flexibility index (Phi) is 16.1. The number of nitrogens with zero attached hydrogens (tertiary/aromatic N) is 2. The van der Waals surface area contributed by atoms with Crippen molar-refractivity contribution in [3.05, 3.63) is 36.0 Å². The molecule has 0 aromatic rings. The number of aliphatic hydroxyl groups excluding tert-OH is 2. The number of epoxide rings is 1. The molecule has 0 spiro atoms. The van der Waals surface area contributed by atoms with Gasteiger partial charge in [-0.3, -0.25) is 14.5 Å². The van der Waals surface area contributed by atoms with Crippen LogP contribution in [0, 0.1) is 11.8 Å². The summed E-state index contributed by atoms with van der Waals surface area (Å²) in [6.45, 7) is 13.9. The van der Waals surface area contributed by atoms with E-state index in [0.717, 1.165) is 0 Å².